The van der Waals surface area contributed by atoms with Crippen molar-refractivity contribution in [1.29, 1.82) is 0 Å². The monoisotopic (exact) mass is 1260 g/mol. The number of hydrogen-bond acceptors (Lipinski definition) is 4. The van der Waals surface area contributed by atoms with Gasteiger partial charge >= 0.3 is 7.12 Å². The van der Waals surface area contributed by atoms with E-state index in [1.165, 1.54) is 107 Å². The molecule has 4 nitrogen and oxygen atoms in total. The van der Waals surface area contributed by atoms with Crippen LogP contribution < -0.4 is 5.46 Å². The molecule has 18 rings (SSSR count). The molecule has 0 unspecified atom stereocenters. The topological polar surface area (TPSA) is 66.7 Å². The molecule has 0 aliphatic rings. The van der Waals surface area contributed by atoms with Crippen molar-refractivity contribution in [2.45, 2.75) is 0 Å². The first-order chi connectivity index (χ1) is 44.4. The van der Waals surface area contributed by atoms with Crippen LogP contribution in [0.2, 0.25) is 0 Å². The summed E-state index contributed by atoms with van der Waals surface area (Å²) in [6, 6.07) is 111. The molecule has 18 aromatic rings. The summed E-state index contributed by atoms with van der Waals surface area (Å²) in [6.45, 7) is 0. The lowest BCUT2D eigenvalue weighted by Crippen LogP contribution is -2.30. The number of furan rings is 2. The van der Waals surface area contributed by atoms with E-state index in [4.69, 9.17) is 8.83 Å². The van der Waals surface area contributed by atoms with E-state index < -0.39 is 7.12 Å². The summed E-state index contributed by atoms with van der Waals surface area (Å²) in [4.78, 5) is 0. The molecule has 6 heteroatoms. The van der Waals surface area contributed by atoms with Crippen molar-refractivity contribution in [1.82, 2.24) is 0 Å². The van der Waals surface area contributed by atoms with Crippen LogP contribution in [0.1, 0.15) is 0 Å². The lowest BCUT2D eigenvalue weighted by molar-refractivity contribution is 0.425. The maximum absolute atomic E-state index is 9.60. The molecule has 2 heterocycles. The maximum atomic E-state index is 9.60. The molecule has 0 bridgehead atoms. The van der Waals surface area contributed by atoms with Crippen molar-refractivity contribution >= 4 is 144 Å². The van der Waals surface area contributed by atoms with Gasteiger partial charge in [-0.1, -0.05) is 279 Å². The smallest absolute Gasteiger partial charge is 0.456 e. The van der Waals surface area contributed by atoms with E-state index in [2.05, 4.69) is 277 Å². The van der Waals surface area contributed by atoms with Crippen molar-refractivity contribution in [2.75, 3.05) is 0 Å². The molecule has 424 valence electrons. The molecule has 16 aromatic carbocycles. The Bertz CT molecular complexity index is 5760. The highest BCUT2D eigenvalue weighted by Gasteiger charge is 2.24. The van der Waals surface area contributed by atoms with Crippen molar-refractivity contribution in [3.63, 3.8) is 0 Å². The lowest BCUT2D eigenvalue weighted by atomic mass is 9.78. The Morgan fingerprint density at radius 3 is 1.04 bits per heavy atom. The number of hydrogen-bond donors (Lipinski definition) is 2. The van der Waals surface area contributed by atoms with Gasteiger partial charge in [-0.15, -0.1) is 0 Å². The Balaban J connectivity index is 0.000000118. The molecular weight excluding hydrogens is 1210 g/mol. The van der Waals surface area contributed by atoms with E-state index >= 15 is 0 Å². The summed E-state index contributed by atoms with van der Waals surface area (Å²) in [7, 11) is -1.55. The average molecular weight is 1270 g/mol. The Labute approximate surface area is 533 Å². The fourth-order valence-electron chi connectivity index (χ4n) is 13.7. The van der Waals surface area contributed by atoms with Gasteiger partial charge in [-0.2, -0.15) is 0 Å². The summed E-state index contributed by atoms with van der Waals surface area (Å²) < 4.78 is 13.7. The summed E-state index contributed by atoms with van der Waals surface area (Å²) in [5.41, 5.74) is 15.9. The first-order valence-corrected chi connectivity index (χ1v) is 31.4. The van der Waals surface area contributed by atoms with Crippen LogP contribution in [-0.4, -0.2) is 17.2 Å². The fourth-order valence-corrected chi connectivity index (χ4v) is 14.2. The molecule has 2 aromatic heterocycles. The number of para-hydroxylation sites is 2. The molecule has 90 heavy (non-hydrogen) atoms. The minimum atomic E-state index is -1.55. The van der Waals surface area contributed by atoms with Crippen LogP contribution >= 0.6 is 22.6 Å². The van der Waals surface area contributed by atoms with Gasteiger partial charge in [0.25, 0.3) is 0 Å². The minimum Gasteiger partial charge on any atom is -0.456 e. The van der Waals surface area contributed by atoms with Crippen LogP contribution in [0.5, 0.6) is 0 Å². The van der Waals surface area contributed by atoms with Gasteiger partial charge in [0, 0.05) is 36.1 Å². The largest absolute Gasteiger partial charge is 0.492 e. The van der Waals surface area contributed by atoms with Gasteiger partial charge in [0.1, 0.15) is 22.3 Å². The van der Waals surface area contributed by atoms with Gasteiger partial charge in [0.2, 0.25) is 0 Å². The molecule has 0 saturated heterocycles. The summed E-state index contributed by atoms with van der Waals surface area (Å²) in [6.07, 6.45) is 0. The molecule has 0 saturated carbocycles. The number of halogens is 1. The predicted octanol–water partition coefficient (Wildman–Crippen LogP) is 22.4. The minimum absolute atomic E-state index is 0.398. The van der Waals surface area contributed by atoms with Crippen molar-refractivity contribution in [2.24, 2.45) is 0 Å². The third kappa shape index (κ3) is 9.56. The number of benzene rings is 16. The van der Waals surface area contributed by atoms with Gasteiger partial charge in [-0.3, -0.25) is 0 Å². The van der Waals surface area contributed by atoms with E-state index in [9.17, 15) is 10.0 Å². The first kappa shape index (κ1) is 54.8. The van der Waals surface area contributed by atoms with E-state index in [0.29, 0.717) is 11.0 Å². The van der Waals surface area contributed by atoms with Crippen molar-refractivity contribution < 1.29 is 18.9 Å². The van der Waals surface area contributed by atoms with E-state index in [1.54, 1.807) is 6.07 Å². The van der Waals surface area contributed by atoms with Crippen LogP contribution in [0.3, 0.4) is 0 Å². The van der Waals surface area contributed by atoms with E-state index in [-0.39, 0.29) is 0 Å². The first-order valence-electron chi connectivity index (χ1n) is 30.3. The molecular formula is C84H54BIO4. The predicted molar refractivity (Wildman–Crippen MR) is 389 cm³/mol. The molecule has 0 atom stereocenters. The highest BCUT2D eigenvalue weighted by atomic mass is 127. The summed E-state index contributed by atoms with van der Waals surface area (Å²) >= 11 is 2.41. The Kier molecular flexibility index (Phi) is 14.1. The Morgan fingerprint density at radius 2 is 0.589 bits per heavy atom. The summed E-state index contributed by atoms with van der Waals surface area (Å²) in [5, 5.41) is 38.1. The molecule has 0 amide bonds. The fraction of sp³-hybridized carbons (Fsp3) is 0. The zero-order valence-corrected chi connectivity index (χ0v) is 50.8. The van der Waals surface area contributed by atoms with E-state index in [0.717, 1.165) is 54.8 Å². The van der Waals surface area contributed by atoms with Gasteiger partial charge in [-0.25, -0.2) is 0 Å². The molecule has 0 aliphatic carbocycles. The normalized spacial score (nSPS) is 11.5. The second-order valence-corrected chi connectivity index (χ2v) is 24.1. The van der Waals surface area contributed by atoms with Crippen molar-refractivity contribution in [3.8, 4) is 55.6 Å². The van der Waals surface area contributed by atoms with Gasteiger partial charge in [-0.05, 0) is 174 Å². The maximum Gasteiger partial charge on any atom is 0.492 e. The van der Waals surface area contributed by atoms with E-state index in [1.807, 2.05) is 54.6 Å². The lowest BCUT2D eigenvalue weighted by Gasteiger charge is -2.19. The highest BCUT2D eigenvalue weighted by molar-refractivity contribution is 14.1. The molecule has 2 N–H and O–H groups in total. The van der Waals surface area contributed by atoms with Gasteiger partial charge in [0.05, 0.1) is 0 Å². The zero-order chi connectivity index (χ0) is 60.2. The summed E-state index contributed by atoms with van der Waals surface area (Å²) in [5.74, 6) is 0. The SMILES string of the molecule is Ic1ccc2c(-c3ccccc3)c3ccccc3c(-c3ccccc3)c2c1.OB(O)c1cc2ccccc2c2c1oc1ccccc12.c1ccc(-c2c3ccccc3c(-c3ccccc3)c3cc(-c4cc5ccccc5c5c4oc4ccccc45)ccc23)cc1. The third-order valence-corrected chi connectivity index (χ3v) is 18.3. The Morgan fingerprint density at radius 1 is 0.256 bits per heavy atom. The third-order valence-electron chi connectivity index (χ3n) is 17.6. The molecule has 0 radical (unpaired) electrons. The Hall–Kier alpha value is -10.6. The average Bonchev–Trinajstić information content (AvgIpc) is 1.16. The standard InChI is InChI=1S/C42H26O.C26H17I.C16H11BO3/c1-3-13-27(14-4-1)39-32-19-9-10-20-33(32)40(28-15-5-2-6-16-28)37-26-30(23-24-34(37)39)36-25-29-17-7-8-18-31(29)41-35-21-11-12-22-38(35)43-42(36)41;27-20-15-16-23-24(17-20)26(19-11-5-2-6-12-19)22-14-8-7-13-21(22)25(23)18-9-3-1-4-10-18;18-17(19)13-9-10-5-1-2-6-11(10)15-12-7-3-4-8-14(12)20-16(13)15/h1-26H;1-17H;1-9,18-19H. The molecule has 0 spiro atoms. The van der Waals surface area contributed by atoms with Crippen LogP contribution in [-0.2, 0) is 0 Å². The quantitative estimate of drug-likeness (QED) is 0.0989. The second-order valence-electron chi connectivity index (χ2n) is 22.8. The number of rotatable bonds is 6. The van der Waals surface area contributed by atoms with Gasteiger partial charge in [0.15, 0.2) is 0 Å². The number of fused-ring (bicyclic) bond motifs is 14. The van der Waals surface area contributed by atoms with Crippen molar-refractivity contribution in [3.05, 3.63) is 319 Å². The van der Waals surface area contributed by atoms with Crippen LogP contribution in [0, 0.1) is 3.57 Å². The van der Waals surface area contributed by atoms with Crippen LogP contribution in [0.15, 0.2) is 324 Å². The highest BCUT2D eigenvalue weighted by Crippen LogP contribution is 2.48. The zero-order valence-electron chi connectivity index (χ0n) is 48.7. The second kappa shape index (κ2) is 23.2. The van der Waals surface area contributed by atoms with Crippen LogP contribution in [0.25, 0.3) is 164 Å². The molecule has 0 aliphatic heterocycles. The van der Waals surface area contributed by atoms with Gasteiger partial charge < -0.3 is 18.9 Å². The van der Waals surface area contributed by atoms with Crippen LogP contribution in [0.4, 0.5) is 0 Å². The molecule has 0 fully saturated rings.